The second-order valence-corrected chi connectivity index (χ2v) is 6.34. The zero-order valence-corrected chi connectivity index (χ0v) is 13.3. The number of fused-ring (bicyclic) bond motifs is 2. The molecule has 2 bridgehead atoms. The van der Waals surface area contributed by atoms with Gasteiger partial charge < -0.3 is 14.6 Å². The van der Waals surface area contributed by atoms with Crippen molar-refractivity contribution in [2.75, 3.05) is 0 Å². The molecule has 2 fully saturated rings. The standard InChI is InChI=1S/C19H24O4/c20-18(21)11-7-2-1-6-10-15-16-12-13-17(23-16)19(15)22-14-8-4-3-5-9-14/h1,3-6,8-9,15-17,19H,2,7,10-13H2,(H,20,21)/t15-,16+,17-,19-/m0/s1. The molecule has 4 atom stereocenters. The molecule has 4 nitrogen and oxygen atoms in total. The van der Waals surface area contributed by atoms with Crippen LogP contribution in [0.4, 0.5) is 0 Å². The number of para-hydroxylation sites is 1. The summed E-state index contributed by atoms with van der Waals surface area (Å²) in [5.74, 6) is 0.574. The van der Waals surface area contributed by atoms with E-state index in [1.54, 1.807) is 0 Å². The maximum atomic E-state index is 10.5. The number of hydrogen-bond acceptors (Lipinski definition) is 3. The first kappa shape index (κ1) is 16.1. The molecule has 0 aromatic heterocycles. The summed E-state index contributed by atoms with van der Waals surface area (Å²) in [6.45, 7) is 0. The van der Waals surface area contributed by atoms with E-state index in [-0.39, 0.29) is 18.6 Å². The average Bonchev–Trinajstić information content (AvgIpc) is 3.14. The molecule has 0 amide bonds. The maximum absolute atomic E-state index is 10.5. The highest BCUT2D eigenvalue weighted by atomic mass is 16.6. The molecule has 0 aliphatic carbocycles. The van der Waals surface area contributed by atoms with Crippen LogP contribution in [-0.2, 0) is 9.53 Å². The molecular weight excluding hydrogens is 292 g/mol. The second-order valence-electron chi connectivity index (χ2n) is 6.34. The van der Waals surface area contributed by atoms with Crippen molar-refractivity contribution in [1.29, 1.82) is 0 Å². The quantitative estimate of drug-likeness (QED) is 0.585. The van der Waals surface area contributed by atoms with Gasteiger partial charge in [-0.1, -0.05) is 30.4 Å². The van der Waals surface area contributed by atoms with Crippen molar-refractivity contribution in [3.63, 3.8) is 0 Å². The number of ether oxygens (including phenoxy) is 2. The summed E-state index contributed by atoms with van der Waals surface area (Å²) in [5.41, 5.74) is 0. The second kappa shape index (κ2) is 7.64. The smallest absolute Gasteiger partial charge is 0.303 e. The molecule has 1 aromatic rings. The van der Waals surface area contributed by atoms with Crippen LogP contribution in [0.2, 0.25) is 0 Å². The van der Waals surface area contributed by atoms with Gasteiger partial charge in [-0.3, -0.25) is 4.79 Å². The van der Waals surface area contributed by atoms with Crippen molar-refractivity contribution in [2.24, 2.45) is 5.92 Å². The highest BCUT2D eigenvalue weighted by molar-refractivity contribution is 5.66. The predicted octanol–water partition coefficient (Wildman–Crippen LogP) is 3.81. The topological polar surface area (TPSA) is 55.8 Å². The van der Waals surface area contributed by atoms with Crippen LogP contribution in [0.5, 0.6) is 5.75 Å². The van der Waals surface area contributed by atoms with E-state index < -0.39 is 5.97 Å². The van der Waals surface area contributed by atoms with Gasteiger partial charge in [-0.05, 0) is 44.2 Å². The molecule has 4 heteroatoms. The van der Waals surface area contributed by atoms with E-state index in [4.69, 9.17) is 14.6 Å². The van der Waals surface area contributed by atoms with Crippen LogP contribution in [0.15, 0.2) is 42.5 Å². The van der Waals surface area contributed by atoms with Gasteiger partial charge in [0, 0.05) is 12.3 Å². The number of rotatable bonds is 8. The molecule has 1 aromatic carbocycles. The van der Waals surface area contributed by atoms with Crippen molar-refractivity contribution in [3.05, 3.63) is 42.5 Å². The third kappa shape index (κ3) is 4.14. The fraction of sp³-hybridized carbons (Fsp3) is 0.526. The highest BCUT2D eigenvalue weighted by Crippen LogP contribution is 2.42. The Bertz CT molecular complexity index is 540. The predicted molar refractivity (Wildman–Crippen MR) is 87.5 cm³/mol. The summed E-state index contributed by atoms with van der Waals surface area (Å²) in [6.07, 6.45) is 9.79. The first-order valence-corrected chi connectivity index (χ1v) is 8.48. The fourth-order valence-electron chi connectivity index (χ4n) is 3.58. The van der Waals surface area contributed by atoms with E-state index >= 15 is 0 Å². The van der Waals surface area contributed by atoms with Crippen molar-refractivity contribution in [2.45, 2.75) is 56.8 Å². The van der Waals surface area contributed by atoms with Gasteiger partial charge in [-0.2, -0.15) is 0 Å². The number of carbonyl (C=O) groups is 1. The van der Waals surface area contributed by atoms with Crippen LogP contribution < -0.4 is 4.74 Å². The zero-order valence-electron chi connectivity index (χ0n) is 13.3. The Kier molecular flexibility index (Phi) is 5.34. The lowest BCUT2D eigenvalue weighted by Crippen LogP contribution is -2.36. The molecule has 23 heavy (non-hydrogen) atoms. The molecule has 2 heterocycles. The number of carboxylic acid groups (broad SMARTS) is 1. The number of carboxylic acids is 1. The lowest BCUT2D eigenvalue weighted by Gasteiger charge is -2.27. The van der Waals surface area contributed by atoms with Crippen LogP contribution in [0.3, 0.4) is 0 Å². The summed E-state index contributed by atoms with van der Waals surface area (Å²) < 4.78 is 12.2. The van der Waals surface area contributed by atoms with Crippen LogP contribution in [0.1, 0.15) is 38.5 Å². The van der Waals surface area contributed by atoms with Crippen molar-refractivity contribution in [3.8, 4) is 5.75 Å². The Morgan fingerprint density at radius 3 is 2.78 bits per heavy atom. The SMILES string of the molecule is O=C(O)CCCC=CC[C@@H]1[C@H](Oc2ccccc2)[C@@H]2CC[C@H]1O2. The maximum Gasteiger partial charge on any atom is 0.303 e. The molecule has 2 aliphatic rings. The van der Waals surface area contributed by atoms with E-state index in [2.05, 4.69) is 12.2 Å². The van der Waals surface area contributed by atoms with Crippen LogP contribution in [0.25, 0.3) is 0 Å². The number of hydrogen-bond donors (Lipinski definition) is 1. The minimum absolute atomic E-state index is 0.125. The van der Waals surface area contributed by atoms with Gasteiger partial charge in [0.25, 0.3) is 0 Å². The van der Waals surface area contributed by atoms with Crippen molar-refractivity contribution in [1.82, 2.24) is 0 Å². The van der Waals surface area contributed by atoms with Gasteiger partial charge in [0.2, 0.25) is 0 Å². The van der Waals surface area contributed by atoms with Crippen LogP contribution in [0, 0.1) is 5.92 Å². The molecule has 2 aliphatic heterocycles. The van der Waals surface area contributed by atoms with E-state index in [0.717, 1.165) is 31.4 Å². The Balaban J connectivity index is 1.52. The summed E-state index contributed by atoms with van der Waals surface area (Å²) in [6, 6.07) is 9.94. The van der Waals surface area contributed by atoms with E-state index in [9.17, 15) is 4.79 Å². The fourth-order valence-corrected chi connectivity index (χ4v) is 3.58. The molecule has 1 N–H and O–H groups in total. The first-order valence-electron chi connectivity index (χ1n) is 8.48. The number of allylic oxidation sites excluding steroid dienone is 2. The molecule has 0 unspecified atom stereocenters. The largest absolute Gasteiger partial charge is 0.487 e. The normalized spacial score (nSPS) is 29.2. The zero-order chi connectivity index (χ0) is 16.1. The number of unbranched alkanes of at least 4 members (excludes halogenated alkanes) is 1. The molecule has 0 saturated carbocycles. The third-order valence-corrected chi connectivity index (χ3v) is 4.70. The molecule has 0 spiro atoms. The molecule has 0 radical (unpaired) electrons. The Hall–Kier alpha value is -1.81. The van der Waals surface area contributed by atoms with Crippen LogP contribution >= 0.6 is 0 Å². The third-order valence-electron chi connectivity index (χ3n) is 4.70. The summed E-state index contributed by atoms with van der Waals surface area (Å²) in [4.78, 5) is 10.5. The molecular formula is C19H24O4. The van der Waals surface area contributed by atoms with Crippen LogP contribution in [-0.4, -0.2) is 29.4 Å². The number of benzene rings is 1. The van der Waals surface area contributed by atoms with E-state index in [0.29, 0.717) is 18.4 Å². The average molecular weight is 316 g/mol. The van der Waals surface area contributed by atoms with Gasteiger partial charge in [0.1, 0.15) is 11.9 Å². The minimum atomic E-state index is -0.726. The Labute approximate surface area is 137 Å². The van der Waals surface area contributed by atoms with E-state index in [1.165, 1.54) is 0 Å². The summed E-state index contributed by atoms with van der Waals surface area (Å²) >= 11 is 0. The van der Waals surface area contributed by atoms with Gasteiger partial charge in [0.15, 0.2) is 0 Å². The molecule has 2 saturated heterocycles. The lowest BCUT2D eigenvalue weighted by atomic mass is 9.84. The van der Waals surface area contributed by atoms with Crippen molar-refractivity contribution < 1.29 is 19.4 Å². The highest BCUT2D eigenvalue weighted by Gasteiger charge is 2.49. The molecule has 124 valence electrons. The number of aliphatic carboxylic acids is 1. The lowest BCUT2D eigenvalue weighted by molar-refractivity contribution is -0.137. The Morgan fingerprint density at radius 2 is 2.00 bits per heavy atom. The Morgan fingerprint density at radius 1 is 1.22 bits per heavy atom. The molecule has 3 rings (SSSR count). The van der Waals surface area contributed by atoms with Gasteiger partial charge in [-0.15, -0.1) is 0 Å². The van der Waals surface area contributed by atoms with Gasteiger partial charge >= 0.3 is 5.97 Å². The summed E-state index contributed by atoms with van der Waals surface area (Å²) in [5, 5.41) is 8.63. The monoisotopic (exact) mass is 316 g/mol. The first-order chi connectivity index (χ1) is 11.2. The summed E-state index contributed by atoms with van der Waals surface area (Å²) in [7, 11) is 0. The van der Waals surface area contributed by atoms with Gasteiger partial charge in [0.05, 0.1) is 12.2 Å². The minimum Gasteiger partial charge on any atom is -0.487 e. The van der Waals surface area contributed by atoms with E-state index in [1.807, 2.05) is 30.3 Å². The van der Waals surface area contributed by atoms with Gasteiger partial charge in [-0.25, -0.2) is 0 Å². The van der Waals surface area contributed by atoms with Crippen molar-refractivity contribution >= 4 is 5.97 Å².